The molecule has 0 aromatic heterocycles. The highest BCUT2D eigenvalue weighted by Crippen LogP contribution is 2.38. The molecule has 1 aliphatic carbocycles. The van der Waals surface area contributed by atoms with E-state index in [0.29, 0.717) is 24.8 Å². The highest BCUT2D eigenvalue weighted by molar-refractivity contribution is 9.10. The Balaban J connectivity index is 1.44. The first kappa shape index (κ1) is 16.1. The molecule has 1 aromatic carbocycles. The van der Waals surface area contributed by atoms with Gasteiger partial charge in [-0.3, -0.25) is 9.59 Å². The molecule has 2 amide bonds. The second-order valence-corrected chi connectivity index (χ2v) is 8.21. The van der Waals surface area contributed by atoms with Gasteiger partial charge in [-0.05, 0) is 42.9 Å². The maximum Gasteiger partial charge on any atom is 0.228 e. The Hall–Kier alpha value is -1.40. The highest BCUT2D eigenvalue weighted by atomic mass is 79.9. The normalized spacial score (nSPS) is 32.5. The number of halogens is 1. The van der Waals surface area contributed by atoms with Crippen LogP contribution in [0.15, 0.2) is 28.7 Å². The summed E-state index contributed by atoms with van der Waals surface area (Å²) in [5, 5.41) is 0. The molecule has 2 saturated heterocycles. The Morgan fingerprint density at radius 3 is 2.79 bits per heavy atom. The lowest BCUT2D eigenvalue weighted by molar-refractivity contribution is -0.135. The van der Waals surface area contributed by atoms with Crippen molar-refractivity contribution in [2.24, 2.45) is 23.5 Å². The van der Waals surface area contributed by atoms with Gasteiger partial charge in [0.1, 0.15) is 0 Å². The number of nitrogens with two attached hydrogens (primary N) is 1. The topological polar surface area (TPSA) is 66.6 Å². The number of carbonyl (C=O) groups excluding carboxylic acids is 2. The molecule has 5 nitrogen and oxygen atoms in total. The van der Waals surface area contributed by atoms with Crippen LogP contribution in [-0.4, -0.2) is 42.4 Å². The summed E-state index contributed by atoms with van der Waals surface area (Å²) < 4.78 is 0.934. The highest BCUT2D eigenvalue weighted by Gasteiger charge is 2.45. The van der Waals surface area contributed by atoms with Crippen molar-refractivity contribution in [2.75, 3.05) is 24.5 Å². The van der Waals surface area contributed by atoms with Gasteiger partial charge in [-0.15, -0.1) is 0 Å². The number of anilines is 1. The lowest BCUT2D eigenvalue weighted by Crippen LogP contribution is -2.38. The van der Waals surface area contributed by atoms with Crippen molar-refractivity contribution in [1.82, 2.24) is 4.90 Å². The minimum absolute atomic E-state index is 0.0301. The second-order valence-electron chi connectivity index (χ2n) is 7.29. The summed E-state index contributed by atoms with van der Waals surface area (Å²) in [6.07, 6.45) is 2.52. The van der Waals surface area contributed by atoms with E-state index in [2.05, 4.69) is 15.9 Å². The fourth-order valence-corrected chi connectivity index (χ4v) is 4.90. The van der Waals surface area contributed by atoms with Crippen LogP contribution in [0.4, 0.5) is 5.69 Å². The van der Waals surface area contributed by atoms with E-state index >= 15 is 0 Å². The van der Waals surface area contributed by atoms with E-state index in [9.17, 15) is 9.59 Å². The average molecular weight is 392 g/mol. The van der Waals surface area contributed by atoms with Gasteiger partial charge >= 0.3 is 0 Å². The predicted octanol–water partition coefficient (Wildman–Crippen LogP) is 2.00. The SMILES string of the molecule is NC1CCC2CN(C(=O)C3CC(=O)N(c4cccc(Br)c4)C3)CC12. The standard InChI is InChI=1S/C18H22BrN3O2/c19-13-2-1-3-14(7-13)22-9-12(6-17(22)23)18(24)21-8-11-4-5-16(20)15(11)10-21/h1-3,7,11-12,15-16H,4-6,8-10,20H2. The molecule has 24 heavy (non-hydrogen) atoms. The molecule has 0 radical (unpaired) electrons. The molecule has 4 rings (SSSR count). The number of rotatable bonds is 2. The van der Waals surface area contributed by atoms with Gasteiger partial charge in [0.15, 0.2) is 0 Å². The number of hydrogen-bond acceptors (Lipinski definition) is 3. The summed E-state index contributed by atoms with van der Waals surface area (Å²) in [4.78, 5) is 28.9. The Morgan fingerprint density at radius 2 is 2.04 bits per heavy atom. The Labute approximate surface area is 150 Å². The molecule has 3 fully saturated rings. The van der Waals surface area contributed by atoms with E-state index in [1.807, 2.05) is 29.2 Å². The molecule has 2 heterocycles. The Kier molecular flexibility index (Phi) is 4.12. The van der Waals surface area contributed by atoms with E-state index in [0.717, 1.165) is 36.1 Å². The van der Waals surface area contributed by atoms with E-state index in [-0.39, 0.29) is 23.8 Å². The summed E-state index contributed by atoms with van der Waals surface area (Å²) in [6, 6.07) is 7.90. The lowest BCUT2D eigenvalue weighted by Gasteiger charge is -2.22. The van der Waals surface area contributed by atoms with E-state index < -0.39 is 0 Å². The van der Waals surface area contributed by atoms with Gasteiger partial charge in [0, 0.05) is 42.3 Å². The molecule has 128 valence electrons. The number of hydrogen-bond donors (Lipinski definition) is 1. The molecular formula is C18H22BrN3O2. The zero-order chi connectivity index (χ0) is 16.8. The number of amides is 2. The summed E-state index contributed by atoms with van der Waals surface area (Å²) in [5.74, 6) is 0.936. The maximum atomic E-state index is 12.9. The summed E-state index contributed by atoms with van der Waals surface area (Å²) >= 11 is 3.44. The number of carbonyl (C=O) groups is 2. The van der Waals surface area contributed by atoms with Crippen molar-refractivity contribution in [3.8, 4) is 0 Å². The molecule has 3 aliphatic rings. The molecule has 4 unspecified atom stereocenters. The predicted molar refractivity (Wildman–Crippen MR) is 95.4 cm³/mol. The minimum atomic E-state index is -0.230. The molecule has 1 saturated carbocycles. The van der Waals surface area contributed by atoms with Crippen LogP contribution >= 0.6 is 15.9 Å². The number of likely N-dealkylation sites (tertiary alicyclic amines) is 1. The summed E-state index contributed by atoms with van der Waals surface area (Å²) in [5.41, 5.74) is 7.02. The second kappa shape index (κ2) is 6.15. The molecule has 0 spiro atoms. The maximum absolute atomic E-state index is 12.9. The van der Waals surface area contributed by atoms with Crippen molar-refractivity contribution < 1.29 is 9.59 Å². The lowest BCUT2D eigenvalue weighted by atomic mass is 9.98. The molecule has 2 N–H and O–H groups in total. The van der Waals surface area contributed by atoms with Crippen molar-refractivity contribution in [1.29, 1.82) is 0 Å². The van der Waals surface area contributed by atoms with Crippen molar-refractivity contribution in [2.45, 2.75) is 25.3 Å². The van der Waals surface area contributed by atoms with Gasteiger partial charge in [0.2, 0.25) is 11.8 Å². The van der Waals surface area contributed by atoms with Gasteiger partial charge < -0.3 is 15.5 Å². The first-order valence-corrected chi connectivity index (χ1v) is 9.42. The minimum Gasteiger partial charge on any atom is -0.342 e. The Morgan fingerprint density at radius 1 is 1.21 bits per heavy atom. The van der Waals surface area contributed by atoms with E-state index in [1.165, 1.54) is 0 Å². The summed E-state index contributed by atoms with van der Waals surface area (Å²) in [7, 11) is 0. The first-order chi connectivity index (χ1) is 11.5. The van der Waals surface area contributed by atoms with Gasteiger partial charge in [-0.2, -0.15) is 0 Å². The van der Waals surface area contributed by atoms with Crippen molar-refractivity contribution in [3.63, 3.8) is 0 Å². The molecule has 2 aliphatic heterocycles. The molecule has 6 heteroatoms. The van der Waals surface area contributed by atoms with Crippen molar-refractivity contribution >= 4 is 33.4 Å². The Bertz CT molecular complexity index is 680. The van der Waals surface area contributed by atoms with Crippen LogP contribution in [0, 0.1) is 17.8 Å². The number of nitrogens with zero attached hydrogens (tertiary/aromatic N) is 2. The number of benzene rings is 1. The van der Waals surface area contributed by atoms with Gasteiger partial charge in [0.25, 0.3) is 0 Å². The third-order valence-electron chi connectivity index (χ3n) is 5.82. The van der Waals surface area contributed by atoms with Crippen LogP contribution in [0.1, 0.15) is 19.3 Å². The fraction of sp³-hybridized carbons (Fsp3) is 0.556. The largest absolute Gasteiger partial charge is 0.342 e. The van der Waals surface area contributed by atoms with Crippen LogP contribution in [0.5, 0.6) is 0 Å². The van der Waals surface area contributed by atoms with Crippen LogP contribution in [0.3, 0.4) is 0 Å². The van der Waals surface area contributed by atoms with E-state index in [1.54, 1.807) is 4.90 Å². The van der Waals surface area contributed by atoms with E-state index in [4.69, 9.17) is 5.73 Å². The van der Waals surface area contributed by atoms with Crippen LogP contribution < -0.4 is 10.6 Å². The molecule has 4 atom stereocenters. The van der Waals surface area contributed by atoms with Gasteiger partial charge in [-0.1, -0.05) is 22.0 Å². The zero-order valence-electron chi connectivity index (χ0n) is 13.5. The fourth-order valence-electron chi connectivity index (χ4n) is 4.51. The summed E-state index contributed by atoms with van der Waals surface area (Å²) in [6.45, 7) is 2.07. The van der Waals surface area contributed by atoms with Crippen molar-refractivity contribution in [3.05, 3.63) is 28.7 Å². The molecule has 0 bridgehead atoms. The van der Waals surface area contributed by atoms with Crippen LogP contribution in [-0.2, 0) is 9.59 Å². The third-order valence-corrected chi connectivity index (χ3v) is 6.31. The number of fused-ring (bicyclic) bond motifs is 1. The quantitative estimate of drug-likeness (QED) is 0.837. The molecular weight excluding hydrogens is 370 g/mol. The smallest absolute Gasteiger partial charge is 0.228 e. The third kappa shape index (κ3) is 2.75. The van der Waals surface area contributed by atoms with Crippen LogP contribution in [0.2, 0.25) is 0 Å². The monoisotopic (exact) mass is 391 g/mol. The molecule has 1 aromatic rings. The van der Waals surface area contributed by atoms with Gasteiger partial charge in [-0.25, -0.2) is 0 Å². The zero-order valence-corrected chi connectivity index (χ0v) is 15.1. The van der Waals surface area contributed by atoms with Gasteiger partial charge in [0.05, 0.1) is 5.92 Å². The average Bonchev–Trinajstić information content (AvgIpc) is 3.23. The first-order valence-electron chi connectivity index (χ1n) is 8.63. The van der Waals surface area contributed by atoms with Crippen LogP contribution in [0.25, 0.3) is 0 Å².